The number of hydrogen-bond acceptors (Lipinski definition) is 6. The zero-order valence-electron chi connectivity index (χ0n) is 50.1. The molecule has 0 bridgehead atoms. The van der Waals surface area contributed by atoms with Crippen molar-refractivity contribution < 1.29 is 28.6 Å². The van der Waals surface area contributed by atoms with Crippen molar-refractivity contribution in [1.82, 2.24) is 0 Å². The van der Waals surface area contributed by atoms with Crippen molar-refractivity contribution in [2.75, 3.05) is 13.2 Å². The molecule has 1 atom stereocenters. The first-order valence-electron chi connectivity index (χ1n) is 33.3. The van der Waals surface area contributed by atoms with Gasteiger partial charge in [0.05, 0.1) is 0 Å². The second-order valence-corrected chi connectivity index (χ2v) is 22.7. The van der Waals surface area contributed by atoms with Gasteiger partial charge in [-0.15, -0.1) is 0 Å². The predicted octanol–water partition coefficient (Wildman–Crippen LogP) is 22.6. The quantitative estimate of drug-likeness (QED) is 0.0261. The van der Waals surface area contributed by atoms with Gasteiger partial charge in [-0.25, -0.2) is 0 Å². The molecule has 0 aliphatic heterocycles. The number of rotatable bonds is 62. The molecule has 0 aliphatic carbocycles. The largest absolute Gasteiger partial charge is 0.462 e. The van der Waals surface area contributed by atoms with E-state index in [-0.39, 0.29) is 31.1 Å². The van der Waals surface area contributed by atoms with Gasteiger partial charge in [0.1, 0.15) is 13.2 Å². The fraction of sp³-hybridized carbons (Fsp3) is 0.897. The van der Waals surface area contributed by atoms with Gasteiger partial charge >= 0.3 is 17.9 Å². The molecule has 0 saturated carbocycles. The molecule has 0 aliphatic rings. The number of esters is 3. The third-order valence-electron chi connectivity index (χ3n) is 15.2. The molecule has 0 fully saturated rings. The summed E-state index contributed by atoms with van der Waals surface area (Å²) in [7, 11) is 0. The average molecular weight is 1040 g/mol. The van der Waals surface area contributed by atoms with Gasteiger partial charge in [0.15, 0.2) is 6.10 Å². The van der Waals surface area contributed by atoms with E-state index in [2.05, 4.69) is 45.1 Å². The van der Waals surface area contributed by atoms with Crippen molar-refractivity contribution >= 4 is 17.9 Å². The first kappa shape index (κ1) is 71.9. The van der Waals surface area contributed by atoms with Gasteiger partial charge < -0.3 is 14.2 Å². The van der Waals surface area contributed by atoms with Crippen LogP contribution in [0.3, 0.4) is 0 Å². The lowest BCUT2D eigenvalue weighted by atomic mass is 10.0. The zero-order chi connectivity index (χ0) is 53.6. The first-order chi connectivity index (χ1) is 36.5. The van der Waals surface area contributed by atoms with Crippen molar-refractivity contribution in [1.29, 1.82) is 0 Å². The van der Waals surface area contributed by atoms with Gasteiger partial charge in [0.2, 0.25) is 0 Å². The lowest BCUT2D eigenvalue weighted by molar-refractivity contribution is -0.167. The highest BCUT2D eigenvalue weighted by molar-refractivity contribution is 5.71. The second-order valence-electron chi connectivity index (χ2n) is 22.7. The fourth-order valence-corrected chi connectivity index (χ4v) is 10.2. The Morgan fingerprint density at radius 1 is 0.270 bits per heavy atom. The Morgan fingerprint density at radius 3 is 0.743 bits per heavy atom. The van der Waals surface area contributed by atoms with E-state index < -0.39 is 6.10 Å². The smallest absolute Gasteiger partial charge is 0.306 e. The monoisotopic (exact) mass is 1040 g/mol. The van der Waals surface area contributed by atoms with Crippen molar-refractivity contribution in [2.45, 2.75) is 380 Å². The normalized spacial score (nSPS) is 12.1. The van der Waals surface area contributed by atoms with E-state index in [1.54, 1.807) is 0 Å². The summed E-state index contributed by atoms with van der Waals surface area (Å²) in [6.07, 6.45) is 76.2. The van der Waals surface area contributed by atoms with Gasteiger partial charge in [-0.2, -0.15) is 0 Å². The molecule has 0 rings (SSSR count). The summed E-state index contributed by atoms with van der Waals surface area (Å²) >= 11 is 0. The molecule has 74 heavy (non-hydrogen) atoms. The SMILES string of the molecule is CCCCCCC/C=C\C/C=C\CCCCCCCCCCCCCCCCCC(=O)OCC(COC(=O)CCCCCCCCCCCCCC)OC(=O)CCCCCCCCCCCCCCCCCCC. The summed E-state index contributed by atoms with van der Waals surface area (Å²) in [5.41, 5.74) is 0. The van der Waals surface area contributed by atoms with Crippen LogP contribution in [0, 0.1) is 0 Å². The number of carbonyl (C=O) groups excluding carboxylic acids is 3. The molecule has 6 heteroatoms. The predicted molar refractivity (Wildman–Crippen MR) is 321 cm³/mol. The van der Waals surface area contributed by atoms with E-state index >= 15 is 0 Å². The van der Waals surface area contributed by atoms with Crippen molar-refractivity contribution in [3.8, 4) is 0 Å². The molecular weight excluding hydrogens is 913 g/mol. The lowest BCUT2D eigenvalue weighted by Gasteiger charge is -2.18. The molecule has 0 radical (unpaired) electrons. The maximum Gasteiger partial charge on any atom is 0.306 e. The highest BCUT2D eigenvalue weighted by Gasteiger charge is 2.19. The van der Waals surface area contributed by atoms with Crippen molar-refractivity contribution in [3.63, 3.8) is 0 Å². The number of carbonyl (C=O) groups is 3. The molecular formula is C68H128O6. The summed E-state index contributed by atoms with van der Waals surface area (Å²) in [5.74, 6) is -0.835. The van der Waals surface area contributed by atoms with Crippen LogP contribution in [0.1, 0.15) is 374 Å². The molecule has 0 N–H and O–H groups in total. The molecule has 6 nitrogen and oxygen atoms in total. The van der Waals surface area contributed by atoms with Gasteiger partial charge in [0.25, 0.3) is 0 Å². The zero-order valence-corrected chi connectivity index (χ0v) is 50.1. The molecule has 0 saturated heterocycles. The summed E-state index contributed by atoms with van der Waals surface area (Å²) in [6.45, 7) is 6.70. The Bertz CT molecular complexity index is 1190. The Morgan fingerprint density at radius 2 is 0.486 bits per heavy atom. The van der Waals surface area contributed by atoms with E-state index in [4.69, 9.17) is 14.2 Å². The molecule has 0 spiro atoms. The van der Waals surface area contributed by atoms with Crippen LogP contribution in [-0.4, -0.2) is 37.2 Å². The van der Waals surface area contributed by atoms with Crippen molar-refractivity contribution in [3.05, 3.63) is 24.3 Å². The minimum absolute atomic E-state index is 0.0640. The van der Waals surface area contributed by atoms with E-state index in [0.29, 0.717) is 19.3 Å². The topological polar surface area (TPSA) is 78.9 Å². The summed E-state index contributed by atoms with van der Waals surface area (Å²) in [5, 5.41) is 0. The van der Waals surface area contributed by atoms with Crippen LogP contribution in [0.2, 0.25) is 0 Å². The highest BCUT2D eigenvalue weighted by atomic mass is 16.6. The van der Waals surface area contributed by atoms with E-state index in [0.717, 1.165) is 64.2 Å². The molecule has 1 unspecified atom stereocenters. The number of ether oxygens (including phenoxy) is 3. The number of allylic oxidation sites excluding steroid dienone is 4. The molecule has 0 aromatic carbocycles. The van der Waals surface area contributed by atoms with Gasteiger partial charge in [-0.05, 0) is 51.4 Å². The third-order valence-corrected chi connectivity index (χ3v) is 15.2. The molecule has 0 heterocycles. The van der Waals surface area contributed by atoms with Crippen LogP contribution < -0.4 is 0 Å². The standard InChI is InChI=1S/C68H128O6/c1-4-7-10-13-16-19-22-25-27-29-30-31-32-33-34-35-36-37-38-40-41-43-46-49-52-55-58-61-67(70)73-64-65(63-72-66(69)60-57-54-51-48-45-24-21-18-15-12-9-6-3)74-68(71)62-59-56-53-50-47-44-42-39-28-26-23-20-17-14-11-8-5-2/h22,25,29-30,65H,4-21,23-24,26-28,31-64H2,1-3H3/b25-22-,30-29-. The minimum Gasteiger partial charge on any atom is -0.462 e. The summed E-state index contributed by atoms with van der Waals surface area (Å²) in [6, 6.07) is 0. The van der Waals surface area contributed by atoms with Crippen LogP contribution in [0.25, 0.3) is 0 Å². The van der Waals surface area contributed by atoms with Gasteiger partial charge in [-0.1, -0.05) is 328 Å². The molecule has 0 aromatic rings. The molecule has 0 amide bonds. The second kappa shape index (κ2) is 63.4. The maximum absolute atomic E-state index is 12.9. The average Bonchev–Trinajstić information content (AvgIpc) is 3.40. The Balaban J connectivity index is 4.18. The minimum atomic E-state index is -0.766. The third kappa shape index (κ3) is 60.8. The lowest BCUT2D eigenvalue weighted by Crippen LogP contribution is -2.30. The fourth-order valence-electron chi connectivity index (χ4n) is 10.2. The van der Waals surface area contributed by atoms with Crippen LogP contribution in [-0.2, 0) is 28.6 Å². The Kier molecular flexibility index (Phi) is 61.6. The molecule has 436 valence electrons. The maximum atomic E-state index is 12.9. The number of hydrogen-bond donors (Lipinski definition) is 0. The first-order valence-corrected chi connectivity index (χ1v) is 33.3. The van der Waals surface area contributed by atoms with E-state index in [1.165, 1.54) is 270 Å². The molecule has 0 aromatic heterocycles. The van der Waals surface area contributed by atoms with Crippen molar-refractivity contribution in [2.24, 2.45) is 0 Å². The van der Waals surface area contributed by atoms with Gasteiger partial charge in [-0.3, -0.25) is 14.4 Å². The van der Waals surface area contributed by atoms with E-state index in [9.17, 15) is 14.4 Å². The Hall–Kier alpha value is -2.11. The van der Waals surface area contributed by atoms with Crippen LogP contribution >= 0.6 is 0 Å². The highest BCUT2D eigenvalue weighted by Crippen LogP contribution is 2.18. The van der Waals surface area contributed by atoms with E-state index in [1.807, 2.05) is 0 Å². The van der Waals surface area contributed by atoms with Crippen LogP contribution in [0.4, 0.5) is 0 Å². The van der Waals surface area contributed by atoms with Crippen LogP contribution in [0.15, 0.2) is 24.3 Å². The summed E-state index contributed by atoms with van der Waals surface area (Å²) < 4.78 is 16.9. The summed E-state index contributed by atoms with van der Waals surface area (Å²) in [4.78, 5) is 38.3. The number of unbranched alkanes of at least 4 members (excludes halogenated alkanes) is 47. The Labute approximate surface area is 462 Å². The van der Waals surface area contributed by atoms with Gasteiger partial charge in [0, 0.05) is 19.3 Å². The van der Waals surface area contributed by atoms with Crippen LogP contribution in [0.5, 0.6) is 0 Å².